The Morgan fingerprint density at radius 3 is 2.65 bits per heavy atom. The van der Waals surface area contributed by atoms with Gasteiger partial charge in [-0.05, 0) is 38.1 Å². The third kappa shape index (κ3) is 3.16. The average Bonchev–Trinajstić information content (AvgIpc) is 2.85. The summed E-state index contributed by atoms with van der Waals surface area (Å²) in [5.74, 6) is -0.190. The second-order valence-electron chi connectivity index (χ2n) is 4.99. The van der Waals surface area contributed by atoms with Crippen LogP contribution < -0.4 is 0 Å². The van der Waals surface area contributed by atoms with E-state index in [0.29, 0.717) is 10.6 Å². The van der Waals surface area contributed by atoms with Crippen molar-refractivity contribution in [3.05, 3.63) is 70.8 Å². The maximum Gasteiger partial charge on any atom is 0.279 e. The smallest absolute Gasteiger partial charge is 0.267 e. The fourth-order valence-corrected chi connectivity index (χ4v) is 3.43. The van der Waals surface area contributed by atoms with Crippen molar-refractivity contribution in [2.75, 3.05) is 0 Å². The van der Waals surface area contributed by atoms with Crippen LogP contribution in [0, 0.1) is 13.8 Å². The van der Waals surface area contributed by atoms with E-state index in [9.17, 15) is 4.79 Å². The Morgan fingerprint density at radius 1 is 1.17 bits per heavy atom. The van der Waals surface area contributed by atoms with E-state index in [1.165, 1.54) is 16.4 Å². The molecule has 0 atom stereocenters. The van der Waals surface area contributed by atoms with Gasteiger partial charge in [0.25, 0.3) is 5.91 Å². The fourth-order valence-electron chi connectivity index (χ4n) is 2.22. The Hall–Kier alpha value is -2.11. The molecule has 1 aromatic carbocycles. The van der Waals surface area contributed by atoms with E-state index < -0.39 is 0 Å². The number of benzene rings is 1. The maximum atomic E-state index is 12.6. The Morgan fingerprint density at radius 2 is 1.96 bits per heavy atom. The minimum atomic E-state index is -0.190. The molecular weight excluding hydrogens is 330 g/mol. The molecule has 0 fully saturated rings. The van der Waals surface area contributed by atoms with Crippen LogP contribution in [0.4, 0.5) is 0 Å². The number of aromatic nitrogens is 3. The van der Waals surface area contributed by atoms with Gasteiger partial charge in [-0.25, -0.2) is 0 Å². The number of hydrogen-bond donors (Lipinski definition) is 0. The van der Waals surface area contributed by atoms with Gasteiger partial charge < -0.3 is 0 Å². The molecule has 6 heteroatoms. The van der Waals surface area contributed by atoms with Crippen LogP contribution in [-0.2, 0) is 0 Å². The van der Waals surface area contributed by atoms with Gasteiger partial charge in [-0.2, -0.15) is 9.78 Å². The predicted octanol–water partition coefficient (Wildman–Crippen LogP) is 4.39. The summed E-state index contributed by atoms with van der Waals surface area (Å²) in [6, 6.07) is 11.1. The summed E-state index contributed by atoms with van der Waals surface area (Å²) in [4.78, 5) is 18.4. The quantitative estimate of drug-likeness (QED) is 0.707. The summed E-state index contributed by atoms with van der Waals surface area (Å²) in [5.41, 5.74) is 2.10. The molecular formula is C17H14ClN3OS. The molecule has 0 saturated heterocycles. The first-order valence-corrected chi connectivity index (χ1v) is 8.20. The van der Waals surface area contributed by atoms with Crippen molar-refractivity contribution in [3.8, 4) is 0 Å². The highest BCUT2D eigenvalue weighted by atomic mass is 35.5. The SMILES string of the molecule is Cc1nn(C(=O)c2cccnc2)c(C)c1Sc1ccccc1Cl. The van der Waals surface area contributed by atoms with Crippen molar-refractivity contribution in [1.82, 2.24) is 14.8 Å². The van der Waals surface area contributed by atoms with Crippen LogP contribution in [0.1, 0.15) is 21.7 Å². The molecule has 4 nitrogen and oxygen atoms in total. The van der Waals surface area contributed by atoms with Gasteiger partial charge in [0.15, 0.2) is 0 Å². The van der Waals surface area contributed by atoms with Crippen LogP contribution in [0.5, 0.6) is 0 Å². The number of halogens is 1. The highest BCUT2D eigenvalue weighted by Gasteiger charge is 2.19. The Bertz CT molecular complexity index is 862. The Kier molecular flexibility index (Phi) is 4.50. The molecule has 3 aromatic rings. The molecule has 0 aliphatic carbocycles. The Balaban J connectivity index is 1.97. The van der Waals surface area contributed by atoms with E-state index in [1.54, 1.807) is 24.5 Å². The first-order valence-electron chi connectivity index (χ1n) is 7.01. The maximum absolute atomic E-state index is 12.6. The Labute approximate surface area is 143 Å². The predicted molar refractivity (Wildman–Crippen MR) is 91.2 cm³/mol. The van der Waals surface area contributed by atoms with Crippen LogP contribution in [0.2, 0.25) is 5.02 Å². The second kappa shape index (κ2) is 6.56. The molecule has 0 amide bonds. The van der Waals surface area contributed by atoms with E-state index in [1.807, 2.05) is 38.1 Å². The van der Waals surface area contributed by atoms with E-state index in [4.69, 9.17) is 11.6 Å². The lowest BCUT2D eigenvalue weighted by Gasteiger charge is -2.05. The van der Waals surface area contributed by atoms with E-state index in [0.717, 1.165) is 21.2 Å². The normalized spacial score (nSPS) is 10.7. The van der Waals surface area contributed by atoms with Crippen LogP contribution >= 0.6 is 23.4 Å². The molecule has 23 heavy (non-hydrogen) atoms. The largest absolute Gasteiger partial charge is 0.279 e. The van der Waals surface area contributed by atoms with Gasteiger partial charge in [0.1, 0.15) is 0 Å². The summed E-state index contributed by atoms with van der Waals surface area (Å²) in [6.45, 7) is 3.77. The molecule has 0 aliphatic rings. The van der Waals surface area contributed by atoms with Gasteiger partial charge in [0, 0.05) is 17.3 Å². The zero-order valence-corrected chi connectivity index (χ0v) is 14.2. The van der Waals surface area contributed by atoms with E-state index >= 15 is 0 Å². The fraction of sp³-hybridized carbons (Fsp3) is 0.118. The number of hydrogen-bond acceptors (Lipinski definition) is 4. The third-order valence-corrected chi connectivity index (χ3v) is 5.19. The van der Waals surface area contributed by atoms with E-state index in [-0.39, 0.29) is 5.91 Å². The lowest BCUT2D eigenvalue weighted by Crippen LogP contribution is -2.15. The lowest BCUT2D eigenvalue weighted by atomic mass is 10.2. The van der Waals surface area contributed by atoms with Crippen LogP contribution in [0.25, 0.3) is 0 Å². The van der Waals surface area contributed by atoms with Gasteiger partial charge in [-0.3, -0.25) is 9.78 Å². The molecule has 0 radical (unpaired) electrons. The molecule has 2 aromatic heterocycles. The topological polar surface area (TPSA) is 47.8 Å². The number of carbonyl (C=O) groups is 1. The van der Waals surface area contributed by atoms with Crippen molar-refractivity contribution in [3.63, 3.8) is 0 Å². The van der Waals surface area contributed by atoms with Crippen LogP contribution in [0.3, 0.4) is 0 Å². The zero-order valence-electron chi connectivity index (χ0n) is 12.7. The molecule has 2 heterocycles. The highest BCUT2D eigenvalue weighted by molar-refractivity contribution is 7.99. The number of aryl methyl sites for hydroxylation is 1. The summed E-state index contributed by atoms with van der Waals surface area (Å²) in [6.07, 6.45) is 3.18. The van der Waals surface area contributed by atoms with Crippen LogP contribution in [0.15, 0.2) is 58.6 Å². The molecule has 0 aliphatic heterocycles. The van der Waals surface area contributed by atoms with Crippen molar-refractivity contribution in [2.45, 2.75) is 23.6 Å². The number of nitrogens with zero attached hydrogens (tertiary/aromatic N) is 3. The first-order chi connectivity index (χ1) is 11.1. The van der Waals surface area contributed by atoms with Crippen molar-refractivity contribution < 1.29 is 4.79 Å². The van der Waals surface area contributed by atoms with Gasteiger partial charge in [-0.1, -0.05) is 35.5 Å². The monoisotopic (exact) mass is 343 g/mol. The summed E-state index contributed by atoms with van der Waals surface area (Å²) >= 11 is 7.74. The zero-order chi connectivity index (χ0) is 16.4. The summed E-state index contributed by atoms with van der Waals surface area (Å²) < 4.78 is 1.42. The van der Waals surface area contributed by atoms with Crippen molar-refractivity contribution >= 4 is 29.3 Å². The van der Waals surface area contributed by atoms with Gasteiger partial charge in [-0.15, -0.1) is 0 Å². The molecule has 0 bridgehead atoms. The molecule has 116 valence electrons. The molecule has 3 rings (SSSR count). The van der Waals surface area contributed by atoms with Gasteiger partial charge in [0.05, 0.1) is 26.9 Å². The van der Waals surface area contributed by atoms with Crippen LogP contribution in [-0.4, -0.2) is 20.7 Å². The summed E-state index contributed by atoms with van der Waals surface area (Å²) in [5, 5.41) is 5.07. The van der Waals surface area contributed by atoms with Crippen molar-refractivity contribution in [1.29, 1.82) is 0 Å². The highest BCUT2D eigenvalue weighted by Crippen LogP contribution is 2.36. The van der Waals surface area contributed by atoms with Crippen molar-refractivity contribution in [2.24, 2.45) is 0 Å². The number of carbonyl (C=O) groups excluding carboxylic acids is 1. The third-order valence-electron chi connectivity index (χ3n) is 3.37. The number of rotatable bonds is 3. The molecule has 0 N–H and O–H groups in total. The average molecular weight is 344 g/mol. The molecule has 0 saturated carbocycles. The minimum Gasteiger partial charge on any atom is -0.267 e. The van der Waals surface area contributed by atoms with Gasteiger partial charge in [0.2, 0.25) is 0 Å². The molecule has 0 unspecified atom stereocenters. The summed E-state index contributed by atoms with van der Waals surface area (Å²) in [7, 11) is 0. The van der Waals surface area contributed by atoms with E-state index in [2.05, 4.69) is 10.1 Å². The standard InChI is InChI=1S/C17H14ClN3OS/c1-11-16(23-15-8-4-3-7-14(15)18)12(2)21(20-11)17(22)13-6-5-9-19-10-13/h3-10H,1-2H3. The lowest BCUT2D eigenvalue weighted by molar-refractivity contribution is 0.0941. The minimum absolute atomic E-state index is 0.190. The number of pyridine rings is 1. The first kappa shape index (κ1) is 15.8. The second-order valence-corrected chi connectivity index (χ2v) is 6.45. The molecule has 0 spiro atoms. The van der Waals surface area contributed by atoms with Gasteiger partial charge >= 0.3 is 0 Å².